The van der Waals surface area contributed by atoms with Crippen molar-refractivity contribution in [1.29, 1.82) is 0 Å². The molecule has 0 amide bonds. The quantitative estimate of drug-likeness (QED) is 0.374. The van der Waals surface area contributed by atoms with Gasteiger partial charge in [-0.3, -0.25) is 4.98 Å². The van der Waals surface area contributed by atoms with Crippen LogP contribution in [0.1, 0.15) is 27.1 Å². The van der Waals surface area contributed by atoms with Crippen LogP contribution >= 0.6 is 22.9 Å². The van der Waals surface area contributed by atoms with Gasteiger partial charge >= 0.3 is 6.18 Å². The average Bonchev–Trinajstić information content (AvgIpc) is 3.49. The molecule has 0 bridgehead atoms. The topological polar surface area (TPSA) is 74.0 Å². The smallest absolute Gasteiger partial charge is 0.416 e. The van der Waals surface area contributed by atoms with Crippen LogP contribution in [0.3, 0.4) is 0 Å². The lowest BCUT2D eigenvalue weighted by Crippen LogP contribution is -2.17. The molecule has 0 spiro atoms. The van der Waals surface area contributed by atoms with E-state index >= 15 is 0 Å². The fraction of sp³-hybridized carbons (Fsp3) is 0.154. The third-order valence-corrected chi connectivity index (χ3v) is 7.28. The molecule has 4 aromatic rings. The second-order valence-corrected chi connectivity index (χ2v) is 9.85. The molecule has 3 heterocycles. The molecule has 0 aliphatic carbocycles. The highest BCUT2D eigenvalue weighted by molar-refractivity contribution is 7.17. The monoisotopic (exact) mass is 541 g/mol. The van der Waals surface area contributed by atoms with Gasteiger partial charge in [0, 0.05) is 43.0 Å². The van der Waals surface area contributed by atoms with E-state index in [4.69, 9.17) is 11.6 Å². The summed E-state index contributed by atoms with van der Waals surface area (Å²) in [6.45, 7) is 0.488. The van der Waals surface area contributed by atoms with E-state index in [1.807, 2.05) is 24.1 Å². The molecule has 0 radical (unpaired) electrons. The van der Waals surface area contributed by atoms with Crippen LogP contribution in [-0.4, -0.2) is 28.3 Å². The zero-order valence-electron chi connectivity index (χ0n) is 19.4. The minimum atomic E-state index is -4.60. The van der Waals surface area contributed by atoms with Crippen LogP contribution in [0.15, 0.2) is 71.1 Å². The van der Waals surface area contributed by atoms with E-state index < -0.39 is 11.7 Å². The maximum absolute atomic E-state index is 13.9. The van der Waals surface area contributed by atoms with E-state index in [2.05, 4.69) is 20.2 Å². The number of hydrogen-bond acceptors (Lipinski definition) is 7. The number of thiazole rings is 1. The van der Waals surface area contributed by atoms with E-state index in [1.54, 1.807) is 36.8 Å². The van der Waals surface area contributed by atoms with Gasteiger partial charge in [0.2, 0.25) is 5.88 Å². The first-order valence-corrected chi connectivity index (χ1v) is 12.3. The van der Waals surface area contributed by atoms with E-state index in [0.29, 0.717) is 32.7 Å². The highest BCUT2D eigenvalue weighted by Crippen LogP contribution is 2.39. The highest BCUT2D eigenvalue weighted by Gasteiger charge is 2.34. The Morgan fingerprint density at radius 1 is 1.14 bits per heavy atom. The summed E-state index contributed by atoms with van der Waals surface area (Å²) < 4.78 is 41.7. The zero-order valence-corrected chi connectivity index (χ0v) is 20.9. The third kappa shape index (κ3) is 5.35. The number of pyridine rings is 1. The van der Waals surface area contributed by atoms with Gasteiger partial charge in [-0.15, -0.1) is 0 Å². The van der Waals surface area contributed by atoms with Crippen LogP contribution in [0, 0.1) is 0 Å². The molecule has 0 saturated carbocycles. The summed E-state index contributed by atoms with van der Waals surface area (Å²) in [6, 6.07) is 12.8. The first-order chi connectivity index (χ1) is 17.7. The van der Waals surface area contributed by atoms with Gasteiger partial charge in [-0.1, -0.05) is 41.1 Å². The van der Waals surface area contributed by atoms with Crippen molar-refractivity contribution in [3.8, 4) is 5.88 Å². The summed E-state index contributed by atoms with van der Waals surface area (Å²) in [7, 11) is 1.82. The van der Waals surface area contributed by atoms with E-state index in [9.17, 15) is 18.3 Å². The predicted molar refractivity (Wildman–Crippen MR) is 138 cm³/mol. The van der Waals surface area contributed by atoms with Crippen molar-refractivity contribution in [3.63, 3.8) is 0 Å². The normalized spacial score (nSPS) is 13.3. The fourth-order valence-electron chi connectivity index (χ4n) is 4.05. The molecule has 0 saturated heterocycles. The molecule has 5 rings (SSSR count). The number of aromatic hydroxyl groups is 1. The van der Waals surface area contributed by atoms with Crippen LogP contribution in [0.25, 0.3) is 5.57 Å². The van der Waals surface area contributed by atoms with Gasteiger partial charge in [0.25, 0.3) is 0 Å². The SMILES string of the molecule is CN(Cc1cccnc1)c1nc(O)c(C(Cc2ccc(Cl)cc2C(F)(F)F)=c2ccc3c(c2)C=NN=3)s1. The standard InChI is InChI=1S/C26H19ClF3N5OS/c1-35(14-15-3-2-8-31-12-15)25-33-24(36)23(37-25)20(16-5-7-22-18(9-16)13-32-34-22)10-17-4-6-19(27)11-21(17)26(28,29)30/h2-9,11-13,36H,10,14H2,1H3. The zero-order chi connectivity index (χ0) is 26.2. The molecule has 1 aliphatic rings. The summed E-state index contributed by atoms with van der Waals surface area (Å²) >= 11 is 7.10. The summed E-state index contributed by atoms with van der Waals surface area (Å²) in [5.41, 5.74) is 1.38. The molecule has 188 valence electrons. The maximum Gasteiger partial charge on any atom is 0.416 e. The molecule has 0 atom stereocenters. The van der Waals surface area contributed by atoms with Crippen LogP contribution in [0.4, 0.5) is 18.3 Å². The molecule has 2 aromatic heterocycles. The molecule has 11 heteroatoms. The number of halogens is 4. The fourth-order valence-corrected chi connectivity index (χ4v) is 5.21. The molecule has 1 aliphatic heterocycles. The number of anilines is 1. The summed E-state index contributed by atoms with van der Waals surface area (Å²) in [6.07, 6.45) is 0.289. The maximum atomic E-state index is 13.9. The summed E-state index contributed by atoms with van der Waals surface area (Å²) in [5, 5.41) is 20.6. The minimum Gasteiger partial charge on any atom is -0.492 e. The molecule has 0 fully saturated rings. The molecule has 37 heavy (non-hydrogen) atoms. The van der Waals surface area contributed by atoms with Crippen molar-refractivity contribution in [2.45, 2.75) is 19.1 Å². The van der Waals surface area contributed by atoms with E-state index in [0.717, 1.165) is 17.2 Å². The Labute approximate surface area is 218 Å². The average molecular weight is 542 g/mol. The van der Waals surface area contributed by atoms with Gasteiger partial charge in [-0.05, 0) is 52.3 Å². The number of aromatic nitrogens is 2. The molecular weight excluding hydrogens is 523 g/mol. The lowest BCUT2D eigenvalue weighted by atomic mass is 9.96. The van der Waals surface area contributed by atoms with Crippen molar-refractivity contribution >= 4 is 39.9 Å². The summed E-state index contributed by atoms with van der Waals surface area (Å²) in [4.78, 5) is 10.7. The van der Waals surface area contributed by atoms with Gasteiger partial charge in [-0.2, -0.15) is 28.4 Å². The molecule has 1 N–H and O–H groups in total. The van der Waals surface area contributed by atoms with Gasteiger partial charge in [0.1, 0.15) is 0 Å². The van der Waals surface area contributed by atoms with Crippen LogP contribution < -0.4 is 15.5 Å². The van der Waals surface area contributed by atoms with Crippen LogP contribution in [0.5, 0.6) is 5.88 Å². The lowest BCUT2D eigenvalue weighted by Gasteiger charge is -2.16. The predicted octanol–water partition coefficient (Wildman–Crippen LogP) is 4.96. The Balaban J connectivity index is 1.63. The number of hydrogen-bond donors (Lipinski definition) is 1. The second-order valence-electron chi connectivity index (χ2n) is 8.44. The van der Waals surface area contributed by atoms with E-state index in [-0.39, 0.29) is 22.9 Å². The first kappa shape index (κ1) is 24.9. The van der Waals surface area contributed by atoms with Crippen molar-refractivity contribution in [2.24, 2.45) is 10.2 Å². The Bertz CT molecular complexity index is 1620. The van der Waals surface area contributed by atoms with Gasteiger partial charge in [0.05, 0.1) is 22.0 Å². The Hall–Kier alpha value is -3.76. The molecule has 0 unspecified atom stereocenters. The number of rotatable bonds is 6. The largest absolute Gasteiger partial charge is 0.492 e. The minimum absolute atomic E-state index is 0.00655. The molecule has 2 aromatic carbocycles. The first-order valence-electron chi connectivity index (χ1n) is 11.1. The number of alkyl halides is 3. The van der Waals surface area contributed by atoms with Crippen molar-refractivity contribution in [3.05, 3.63) is 104 Å². The second kappa shape index (κ2) is 9.95. The Kier molecular flexibility index (Phi) is 6.70. The number of fused-ring (bicyclic) bond motifs is 1. The van der Waals surface area contributed by atoms with Crippen LogP contribution in [0.2, 0.25) is 5.02 Å². The number of nitrogens with zero attached hydrogens (tertiary/aromatic N) is 5. The van der Waals surface area contributed by atoms with Gasteiger partial charge < -0.3 is 10.0 Å². The lowest BCUT2D eigenvalue weighted by molar-refractivity contribution is -0.138. The van der Waals surface area contributed by atoms with Crippen molar-refractivity contribution < 1.29 is 18.3 Å². The van der Waals surface area contributed by atoms with Gasteiger partial charge in [-0.25, -0.2) is 0 Å². The number of benzene rings is 2. The highest BCUT2D eigenvalue weighted by atomic mass is 35.5. The van der Waals surface area contributed by atoms with Crippen LogP contribution in [-0.2, 0) is 19.1 Å². The summed E-state index contributed by atoms with van der Waals surface area (Å²) in [5.74, 6) is -0.255. The molecule has 6 nitrogen and oxygen atoms in total. The van der Waals surface area contributed by atoms with Crippen molar-refractivity contribution in [2.75, 3.05) is 11.9 Å². The Morgan fingerprint density at radius 2 is 1.97 bits per heavy atom. The van der Waals surface area contributed by atoms with Gasteiger partial charge in [0.15, 0.2) is 5.13 Å². The van der Waals surface area contributed by atoms with E-state index in [1.165, 1.54) is 23.5 Å². The Morgan fingerprint density at radius 3 is 2.73 bits per heavy atom. The molecular formula is C26H19ClF3N5OS. The van der Waals surface area contributed by atoms with Crippen molar-refractivity contribution in [1.82, 2.24) is 9.97 Å². The third-order valence-electron chi connectivity index (χ3n) is 5.82.